The smallest absolute Gasteiger partial charge is 0.225 e. The maximum atomic E-state index is 11.2. The zero-order valence-corrected chi connectivity index (χ0v) is 7.79. The Labute approximate surface area is 72.6 Å². The average molecular weight is 175 g/mol. The number of hydrogen-bond donors (Lipinski definition) is 3. The number of amides is 1. The minimum atomic E-state index is -0.865. The van der Waals surface area contributed by atoms with Crippen LogP contribution in [-0.2, 0) is 4.79 Å². The molecule has 0 aliphatic rings. The topological polar surface area (TPSA) is 69.6 Å². The van der Waals surface area contributed by atoms with Crippen molar-refractivity contribution in [2.24, 2.45) is 5.41 Å². The first-order chi connectivity index (χ1) is 5.38. The molecule has 12 heavy (non-hydrogen) atoms. The maximum Gasteiger partial charge on any atom is 0.225 e. The van der Waals surface area contributed by atoms with Crippen molar-refractivity contribution in [1.29, 1.82) is 0 Å². The number of carbonyl (C=O) groups excluding carboxylic acids is 1. The minimum Gasteiger partial charge on any atom is -0.394 e. The predicted molar refractivity (Wildman–Crippen MR) is 45.6 cm³/mol. The molecule has 1 atom stereocenters. The second-order valence-corrected chi connectivity index (χ2v) is 3.80. The molecule has 0 aromatic carbocycles. The van der Waals surface area contributed by atoms with Gasteiger partial charge in [0.05, 0.1) is 12.7 Å². The molecule has 0 bridgehead atoms. The zero-order chi connectivity index (χ0) is 9.78. The molecular weight excluding hydrogens is 158 g/mol. The van der Waals surface area contributed by atoms with Crippen LogP contribution in [0.4, 0.5) is 0 Å². The predicted octanol–water partition coefficient (Wildman–Crippen LogP) is -0.498. The summed E-state index contributed by atoms with van der Waals surface area (Å²) in [5, 5.41) is 19.9. The van der Waals surface area contributed by atoms with Gasteiger partial charge in [0, 0.05) is 12.0 Å². The summed E-state index contributed by atoms with van der Waals surface area (Å²) in [6, 6.07) is 0. The van der Waals surface area contributed by atoms with Gasteiger partial charge in [-0.3, -0.25) is 4.79 Å². The van der Waals surface area contributed by atoms with Crippen molar-refractivity contribution >= 4 is 5.91 Å². The lowest BCUT2D eigenvalue weighted by atomic mass is 9.96. The molecule has 0 saturated carbocycles. The van der Waals surface area contributed by atoms with Gasteiger partial charge in [0.15, 0.2) is 0 Å². The van der Waals surface area contributed by atoms with Crippen LogP contribution < -0.4 is 5.32 Å². The van der Waals surface area contributed by atoms with E-state index in [0.717, 1.165) is 0 Å². The van der Waals surface area contributed by atoms with E-state index in [-0.39, 0.29) is 19.1 Å². The highest BCUT2D eigenvalue weighted by Crippen LogP contribution is 2.11. The third-order valence-electron chi connectivity index (χ3n) is 1.39. The highest BCUT2D eigenvalue weighted by Gasteiger charge is 2.21. The molecule has 0 spiro atoms. The molecule has 0 radical (unpaired) electrons. The van der Waals surface area contributed by atoms with E-state index in [4.69, 9.17) is 10.2 Å². The Morgan fingerprint density at radius 2 is 2.00 bits per heavy atom. The normalized spacial score (nSPS) is 14.1. The van der Waals surface area contributed by atoms with Crippen LogP contribution in [0, 0.1) is 5.41 Å². The average Bonchev–Trinajstić information content (AvgIpc) is 1.97. The number of aliphatic hydroxyl groups excluding tert-OH is 2. The summed E-state index contributed by atoms with van der Waals surface area (Å²) in [4.78, 5) is 11.2. The van der Waals surface area contributed by atoms with E-state index < -0.39 is 11.5 Å². The van der Waals surface area contributed by atoms with Crippen molar-refractivity contribution in [1.82, 2.24) is 5.32 Å². The molecule has 0 saturated heterocycles. The maximum absolute atomic E-state index is 11.2. The molecule has 0 aromatic heterocycles. The van der Waals surface area contributed by atoms with Gasteiger partial charge in [0.2, 0.25) is 5.91 Å². The van der Waals surface area contributed by atoms with Gasteiger partial charge in [-0.1, -0.05) is 20.8 Å². The van der Waals surface area contributed by atoms with E-state index in [0.29, 0.717) is 0 Å². The van der Waals surface area contributed by atoms with Crippen LogP contribution in [0.15, 0.2) is 0 Å². The second kappa shape index (κ2) is 4.42. The van der Waals surface area contributed by atoms with Crippen molar-refractivity contribution in [2.75, 3.05) is 13.2 Å². The first-order valence-electron chi connectivity index (χ1n) is 3.95. The highest BCUT2D eigenvalue weighted by molar-refractivity contribution is 5.81. The Morgan fingerprint density at radius 3 is 2.33 bits per heavy atom. The molecule has 0 aromatic rings. The standard InChI is InChI=1S/C8H17NO3/c1-8(2,3)7(12)9-4-6(11)5-10/h6,10-11H,4-5H2,1-3H3,(H,9,12)/t6-/m0/s1. The number of nitrogens with one attached hydrogen (secondary N) is 1. The Kier molecular flexibility index (Phi) is 4.20. The summed E-state index contributed by atoms with van der Waals surface area (Å²) in [5.41, 5.74) is -0.449. The number of aliphatic hydroxyl groups is 2. The van der Waals surface area contributed by atoms with Crippen LogP contribution in [0.5, 0.6) is 0 Å². The summed E-state index contributed by atoms with van der Waals surface area (Å²) < 4.78 is 0. The lowest BCUT2D eigenvalue weighted by Crippen LogP contribution is -2.40. The summed E-state index contributed by atoms with van der Waals surface area (Å²) in [5.74, 6) is -0.130. The van der Waals surface area contributed by atoms with Gasteiger partial charge in [0.1, 0.15) is 0 Å². The quantitative estimate of drug-likeness (QED) is 0.541. The molecule has 4 nitrogen and oxygen atoms in total. The summed E-state index contributed by atoms with van der Waals surface area (Å²) in [6.45, 7) is 5.13. The van der Waals surface area contributed by atoms with Crippen LogP contribution in [0.2, 0.25) is 0 Å². The lowest BCUT2D eigenvalue weighted by molar-refractivity contribution is -0.129. The lowest BCUT2D eigenvalue weighted by Gasteiger charge is -2.18. The van der Waals surface area contributed by atoms with Crippen LogP contribution in [0.3, 0.4) is 0 Å². The molecule has 1 amide bonds. The Hall–Kier alpha value is -0.610. The molecule has 0 unspecified atom stereocenters. The van der Waals surface area contributed by atoms with Crippen molar-refractivity contribution in [3.63, 3.8) is 0 Å². The molecule has 3 N–H and O–H groups in total. The first-order valence-corrected chi connectivity index (χ1v) is 3.95. The molecule has 72 valence electrons. The molecular formula is C8H17NO3. The van der Waals surface area contributed by atoms with Crippen LogP contribution in [-0.4, -0.2) is 35.4 Å². The van der Waals surface area contributed by atoms with Gasteiger partial charge in [0.25, 0.3) is 0 Å². The van der Waals surface area contributed by atoms with Gasteiger partial charge in [-0.15, -0.1) is 0 Å². The van der Waals surface area contributed by atoms with E-state index in [1.165, 1.54) is 0 Å². The van der Waals surface area contributed by atoms with Gasteiger partial charge in [-0.25, -0.2) is 0 Å². The SMILES string of the molecule is CC(C)(C)C(=O)NC[C@H](O)CO. The van der Waals surface area contributed by atoms with E-state index in [1.807, 2.05) is 0 Å². The van der Waals surface area contributed by atoms with E-state index in [1.54, 1.807) is 20.8 Å². The molecule has 0 aliphatic heterocycles. The summed E-state index contributed by atoms with van der Waals surface area (Å²) in [6.07, 6.45) is -0.865. The van der Waals surface area contributed by atoms with E-state index in [9.17, 15) is 4.79 Å². The van der Waals surface area contributed by atoms with Crippen LogP contribution in [0.25, 0.3) is 0 Å². The first kappa shape index (κ1) is 11.4. The van der Waals surface area contributed by atoms with Gasteiger partial charge in [-0.05, 0) is 0 Å². The van der Waals surface area contributed by atoms with Crippen molar-refractivity contribution in [3.8, 4) is 0 Å². The van der Waals surface area contributed by atoms with Crippen LogP contribution in [0.1, 0.15) is 20.8 Å². The summed E-state index contributed by atoms with van der Waals surface area (Å²) >= 11 is 0. The van der Waals surface area contributed by atoms with Gasteiger partial charge < -0.3 is 15.5 Å². The number of hydrogen-bond acceptors (Lipinski definition) is 3. The Balaban J connectivity index is 3.73. The van der Waals surface area contributed by atoms with Gasteiger partial charge in [-0.2, -0.15) is 0 Å². The fraction of sp³-hybridized carbons (Fsp3) is 0.875. The van der Waals surface area contributed by atoms with Gasteiger partial charge >= 0.3 is 0 Å². The summed E-state index contributed by atoms with van der Waals surface area (Å²) in [7, 11) is 0. The third kappa shape index (κ3) is 4.31. The fourth-order valence-corrected chi connectivity index (χ4v) is 0.540. The molecule has 0 fully saturated rings. The number of carbonyl (C=O) groups is 1. The van der Waals surface area contributed by atoms with Crippen molar-refractivity contribution < 1.29 is 15.0 Å². The fourth-order valence-electron chi connectivity index (χ4n) is 0.540. The van der Waals surface area contributed by atoms with Crippen molar-refractivity contribution in [2.45, 2.75) is 26.9 Å². The molecule has 0 aliphatic carbocycles. The molecule has 4 heteroatoms. The Morgan fingerprint density at radius 1 is 1.50 bits per heavy atom. The molecule has 0 rings (SSSR count). The highest BCUT2D eigenvalue weighted by atomic mass is 16.3. The van der Waals surface area contributed by atoms with E-state index >= 15 is 0 Å². The number of rotatable bonds is 3. The monoisotopic (exact) mass is 175 g/mol. The Bertz CT molecular complexity index is 151. The zero-order valence-electron chi connectivity index (χ0n) is 7.79. The minimum absolute atomic E-state index is 0.104. The third-order valence-corrected chi connectivity index (χ3v) is 1.39. The van der Waals surface area contributed by atoms with E-state index in [2.05, 4.69) is 5.32 Å². The van der Waals surface area contributed by atoms with Crippen LogP contribution >= 0.6 is 0 Å². The van der Waals surface area contributed by atoms with Crippen molar-refractivity contribution in [3.05, 3.63) is 0 Å². The molecule has 0 heterocycles. The second-order valence-electron chi connectivity index (χ2n) is 3.80. The largest absolute Gasteiger partial charge is 0.394 e.